The Morgan fingerprint density at radius 2 is 1.96 bits per heavy atom. The summed E-state index contributed by atoms with van der Waals surface area (Å²) in [5.74, 6) is -0.0577. The molecule has 2 rings (SSSR count). The Balaban J connectivity index is 2.54. The number of carbonyl (C=O) groups excluding carboxylic acids is 1. The molecular formula is C19H22N2O4S. The lowest BCUT2D eigenvalue weighted by atomic mass is 9.91. The minimum Gasteiger partial charge on any atom is -0.313 e. The first-order chi connectivity index (χ1) is 12.0. The van der Waals surface area contributed by atoms with E-state index in [0.29, 0.717) is 20.3 Å². The number of hydrogen-bond donors (Lipinski definition) is 1. The van der Waals surface area contributed by atoms with Gasteiger partial charge in [0, 0.05) is 23.1 Å². The number of rotatable bonds is 4. The van der Waals surface area contributed by atoms with Crippen molar-refractivity contribution in [1.29, 1.82) is 0 Å². The summed E-state index contributed by atoms with van der Waals surface area (Å²) in [6, 6.07) is 4.94. The highest BCUT2D eigenvalue weighted by molar-refractivity contribution is 7.07. The standard InChI is InChI=1S/C19H22N2O4S/c1-11(2)13-7-6-12(8-14(13)21(24)25)9-15-18(23)20-17(26-15)10-16(22)19(3,4)5/h6-11H,1-5H3,(H,20,23)/b15-9+,17-10-. The summed E-state index contributed by atoms with van der Waals surface area (Å²) in [4.78, 5) is 37.8. The molecule has 0 saturated heterocycles. The topological polar surface area (TPSA) is 93.1 Å². The normalized spacial score (nSPS) is 13.5. The van der Waals surface area contributed by atoms with Crippen molar-refractivity contribution in [2.24, 2.45) is 5.41 Å². The molecule has 0 unspecified atom stereocenters. The summed E-state index contributed by atoms with van der Waals surface area (Å²) in [6.45, 7) is 9.20. The number of Topliss-reactive ketones (excluding diaryl/α,β-unsaturated/α-hetero) is 1. The van der Waals surface area contributed by atoms with Gasteiger partial charge < -0.3 is 4.98 Å². The van der Waals surface area contributed by atoms with Crippen LogP contribution in [0.1, 0.15) is 51.7 Å². The van der Waals surface area contributed by atoms with Gasteiger partial charge in [0.2, 0.25) is 0 Å². The van der Waals surface area contributed by atoms with Gasteiger partial charge in [0.05, 0.1) is 14.1 Å². The number of aromatic nitrogens is 1. The van der Waals surface area contributed by atoms with Crippen LogP contribution in [0.3, 0.4) is 0 Å². The summed E-state index contributed by atoms with van der Waals surface area (Å²) in [5, 5.41) is 11.3. The molecule has 0 spiro atoms. The van der Waals surface area contributed by atoms with E-state index in [1.54, 1.807) is 39.0 Å². The van der Waals surface area contributed by atoms with Crippen LogP contribution in [-0.2, 0) is 4.79 Å². The van der Waals surface area contributed by atoms with Crippen LogP contribution in [0.4, 0.5) is 5.69 Å². The predicted octanol–water partition coefficient (Wildman–Crippen LogP) is 2.69. The van der Waals surface area contributed by atoms with Gasteiger partial charge in [-0.1, -0.05) is 46.8 Å². The number of nitrogens with zero attached hydrogens (tertiary/aromatic N) is 1. The molecule has 0 atom stereocenters. The maximum Gasteiger partial charge on any atom is 0.273 e. The second kappa shape index (κ2) is 7.37. The zero-order chi connectivity index (χ0) is 19.6. The first-order valence-electron chi connectivity index (χ1n) is 8.24. The molecule has 0 aliphatic rings. The van der Waals surface area contributed by atoms with Crippen LogP contribution in [0, 0.1) is 15.5 Å². The summed E-state index contributed by atoms with van der Waals surface area (Å²) in [7, 11) is 0. The van der Waals surface area contributed by atoms with E-state index in [2.05, 4.69) is 4.98 Å². The predicted molar refractivity (Wildman–Crippen MR) is 104 cm³/mol. The number of hydrogen-bond acceptors (Lipinski definition) is 5. The van der Waals surface area contributed by atoms with E-state index >= 15 is 0 Å². The first kappa shape index (κ1) is 19.8. The van der Waals surface area contributed by atoms with Crippen LogP contribution in [-0.4, -0.2) is 15.7 Å². The summed E-state index contributed by atoms with van der Waals surface area (Å²) < 4.78 is 0.860. The van der Waals surface area contributed by atoms with Gasteiger partial charge in [0.15, 0.2) is 5.78 Å². The molecule has 7 heteroatoms. The molecule has 0 radical (unpaired) electrons. The van der Waals surface area contributed by atoms with E-state index in [4.69, 9.17) is 0 Å². The fourth-order valence-electron chi connectivity index (χ4n) is 2.31. The Hall–Kier alpha value is -2.54. The van der Waals surface area contributed by atoms with Gasteiger partial charge in [-0.2, -0.15) is 0 Å². The molecule has 0 aliphatic heterocycles. The Labute approximate surface area is 155 Å². The van der Waals surface area contributed by atoms with Gasteiger partial charge in [0.1, 0.15) is 0 Å². The molecule has 0 fully saturated rings. The zero-order valence-corrected chi connectivity index (χ0v) is 16.3. The Morgan fingerprint density at radius 3 is 2.50 bits per heavy atom. The molecule has 6 nitrogen and oxygen atoms in total. The summed E-state index contributed by atoms with van der Waals surface area (Å²) >= 11 is 1.15. The number of carbonyl (C=O) groups is 1. The van der Waals surface area contributed by atoms with Crippen molar-refractivity contribution in [3.8, 4) is 0 Å². The first-order valence-corrected chi connectivity index (χ1v) is 9.06. The number of thiazole rings is 1. The Kier molecular flexibility index (Phi) is 5.61. The van der Waals surface area contributed by atoms with Gasteiger partial charge in [-0.05, 0) is 17.6 Å². The molecule has 0 saturated carbocycles. The van der Waals surface area contributed by atoms with E-state index in [1.807, 2.05) is 13.8 Å². The second-order valence-electron chi connectivity index (χ2n) is 7.42. The molecule has 0 bridgehead atoms. The second-order valence-corrected chi connectivity index (χ2v) is 8.50. The quantitative estimate of drug-likeness (QED) is 0.658. The fourth-order valence-corrected chi connectivity index (χ4v) is 3.19. The smallest absolute Gasteiger partial charge is 0.273 e. The van der Waals surface area contributed by atoms with E-state index < -0.39 is 10.3 Å². The lowest BCUT2D eigenvalue weighted by Crippen LogP contribution is -2.22. The maximum atomic E-state index is 12.1. The third kappa shape index (κ3) is 4.54. The molecule has 2 aromatic rings. The number of benzene rings is 1. The molecule has 138 valence electrons. The number of nitrogens with one attached hydrogen (secondary N) is 1. The van der Waals surface area contributed by atoms with Crippen molar-refractivity contribution < 1.29 is 9.72 Å². The minimum absolute atomic E-state index is 0.0270. The van der Waals surface area contributed by atoms with Crippen LogP contribution >= 0.6 is 11.3 Å². The summed E-state index contributed by atoms with van der Waals surface area (Å²) in [5.41, 5.74) is 0.409. The van der Waals surface area contributed by atoms with Crippen LogP contribution in [0.2, 0.25) is 0 Å². The van der Waals surface area contributed by atoms with Crippen molar-refractivity contribution in [2.75, 3.05) is 0 Å². The lowest BCUT2D eigenvalue weighted by molar-refractivity contribution is -0.385. The van der Waals surface area contributed by atoms with E-state index in [0.717, 1.165) is 11.3 Å². The average molecular weight is 374 g/mol. The number of H-pyrrole nitrogens is 1. The van der Waals surface area contributed by atoms with Crippen LogP contribution in [0.25, 0.3) is 12.2 Å². The Bertz CT molecular complexity index is 1020. The highest BCUT2D eigenvalue weighted by Gasteiger charge is 2.19. The Morgan fingerprint density at radius 1 is 1.31 bits per heavy atom. The van der Waals surface area contributed by atoms with Crippen LogP contribution in [0.15, 0.2) is 23.0 Å². The monoisotopic (exact) mass is 374 g/mol. The molecule has 26 heavy (non-hydrogen) atoms. The fraction of sp³-hybridized carbons (Fsp3) is 0.368. The van der Waals surface area contributed by atoms with Crippen molar-refractivity contribution in [1.82, 2.24) is 4.98 Å². The molecule has 1 aromatic heterocycles. The largest absolute Gasteiger partial charge is 0.313 e. The SMILES string of the molecule is CC(C)c1ccc(/C=c2/s/c(=C\C(=O)C(C)(C)C)[nH]c2=O)cc1[N+](=O)[O-]. The molecule has 0 aliphatic carbocycles. The molecule has 0 amide bonds. The third-order valence-electron chi connectivity index (χ3n) is 3.85. The van der Waals surface area contributed by atoms with E-state index in [-0.39, 0.29) is 22.9 Å². The maximum absolute atomic E-state index is 12.1. The number of aromatic amines is 1. The van der Waals surface area contributed by atoms with Gasteiger partial charge >= 0.3 is 0 Å². The van der Waals surface area contributed by atoms with Gasteiger partial charge in [0.25, 0.3) is 11.2 Å². The van der Waals surface area contributed by atoms with Crippen molar-refractivity contribution in [2.45, 2.75) is 40.5 Å². The molecular weight excluding hydrogens is 352 g/mol. The summed E-state index contributed by atoms with van der Waals surface area (Å²) in [6.07, 6.45) is 3.02. The van der Waals surface area contributed by atoms with E-state index in [9.17, 15) is 19.7 Å². The van der Waals surface area contributed by atoms with Gasteiger partial charge in [-0.3, -0.25) is 19.7 Å². The average Bonchev–Trinajstić information content (AvgIpc) is 2.85. The van der Waals surface area contributed by atoms with Crippen molar-refractivity contribution >= 4 is 35.0 Å². The number of nitro benzene ring substituents is 1. The van der Waals surface area contributed by atoms with Crippen LogP contribution < -0.4 is 14.8 Å². The van der Waals surface area contributed by atoms with E-state index in [1.165, 1.54) is 12.1 Å². The van der Waals surface area contributed by atoms with Crippen LogP contribution in [0.5, 0.6) is 0 Å². The molecule has 1 aromatic carbocycles. The zero-order valence-electron chi connectivity index (χ0n) is 15.5. The molecule has 1 N–H and O–H groups in total. The third-order valence-corrected chi connectivity index (χ3v) is 4.82. The van der Waals surface area contributed by atoms with Crippen molar-refractivity contribution in [3.05, 3.63) is 59.0 Å². The number of nitro groups is 1. The molecule has 1 heterocycles. The lowest BCUT2D eigenvalue weighted by Gasteiger charge is -2.12. The van der Waals surface area contributed by atoms with Gasteiger partial charge in [-0.15, -0.1) is 11.3 Å². The highest BCUT2D eigenvalue weighted by atomic mass is 32.1. The minimum atomic E-state index is -0.530. The highest BCUT2D eigenvalue weighted by Crippen LogP contribution is 2.27. The van der Waals surface area contributed by atoms with Gasteiger partial charge in [-0.25, -0.2) is 0 Å². The number of ketones is 1. The van der Waals surface area contributed by atoms with Crippen molar-refractivity contribution in [3.63, 3.8) is 0 Å².